The third kappa shape index (κ3) is 5.24. The average molecular weight is 500 g/mol. The zero-order valence-corrected chi connectivity index (χ0v) is 21.9. The van der Waals surface area contributed by atoms with Crippen molar-refractivity contribution in [3.8, 4) is 11.5 Å². The summed E-state index contributed by atoms with van der Waals surface area (Å²) in [5.74, 6) is 0.147. The number of aryl methyl sites for hydroxylation is 2. The molecule has 1 saturated heterocycles. The van der Waals surface area contributed by atoms with Crippen molar-refractivity contribution >= 4 is 23.1 Å². The molecule has 0 bridgehead atoms. The molecule has 1 N–H and O–H groups in total. The first-order chi connectivity index (χ1) is 17.7. The van der Waals surface area contributed by atoms with Gasteiger partial charge in [0.1, 0.15) is 17.3 Å². The van der Waals surface area contributed by atoms with E-state index < -0.39 is 17.7 Å². The number of ether oxygens (including phenoxy) is 2. The number of hydrogen-bond donors (Lipinski definition) is 1. The lowest BCUT2D eigenvalue weighted by molar-refractivity contribution is -0.132. The summed E-state index contributed by atoms with van der Waals surface area (Å²) in [6.07, 6.45) is 0. The maximum atomic E-state index is 13.4. The number of anilines is 1. The van der Waals surface area contributed by atoms with Gasteiger partial charge in [-0.05, 0) is 85.8 Å². The van der Waals surface area contributed by atoms with Gasteiger partial charge in [0.15, 0.2) is 0 Å². The summed E-state index contributed by atoms with van der Waals surface area (Å²) in [7, 11) is 0. The molecular formula is C31H33NO5. The summed E-state index contributed by atoms with van der Waals surface area (Å²) < 4.78 is 11.4. The zero-order valence-electron chi connectivity index (χ0n) is 21.9. The van der Waals surface area contributed by atoms with Gasteiger partial charge in [-0.2, -0.15) is 0 Å². The van der Waals surface area contributed by atoms with Crippen LogP contribution in [0.3, 0.4) is 0 Å². The Labute approximate surface area is 218 Å². The van der Waals surface area contributed by atoms with E-state index in [1.807, 2.05) is 45.0 Å². The predicted molar refractivity (Wildman–Crippen MR) is 145 cm³/mol. The van der Waals surface area contributed by atoms with Gasteiger partial charge in [0.2, 0.25) is 0 Å². The van der Waals surface area contributed by atoms with Crippen LogP contribution in [0.1, 0.15) is 49.1 Å². The first kappa shape index (κ1) is 26.0. The van der Waals surface area contributed by atoms with E-state index in [-0.39, 0.29) is 11.3 Å². The Morgan fingerprint density at radius 3 is 2.27 bits per heavy atom. The molecule has 0 aliphatic carbocycles. The van der Waals surface area contributed by atoms with E-state index in [0.29, 0.717) is 41.9 Å². The SMILES string of the molecule is CCOc1ccc(/C(O)=C2\C(=O)C(=O)N(c3ccc(OCC(C)C)cc3)C2c2ccccc2C)cc1C. The standard InChI is InChI=1S/C31H33NO5/c1-6-36-26-16-11-22(17-21(26)5)29(33)27-28(25-10-8-7-9-20(25)4)32(31(35)30(27)34)23-12-14-24(15-13-23)37-18-19(2)3/h7-17,19,28,33H,6,18H2,1-5H3/b29-27+. The summed E-state index contributed by atoms with van der Waals surface area (Å²) in [6, 6.07) is 19.2. The highest BCUT2D eigenvalue weighted by molar-refractivity contribution is 6.51. The molecule has 1 aliphatic rings. The fraction of sp³-hybridized carbons (Fsp3) is 0.290. The van der Waals surface area contributed by atoms with Crippen LogP contribution < -0.4 is 14.4 Å². The second-order valence-electron chi connectivity index (χ2n) is 9.64. The van der Waals surface area contributed by atoms with Crippen molar-refractivity contribution in [3.63, 3.8) is 0 Å². The topological polar surface area (TPSA) is 76.1 Å². The Kier molecular flexibility index (Phi) is 7.67. The monoisotopic (exact) mass is 499 g/mol. The van der Waals surface area contributed by atoms with Crippen LogP contribution in [-0.4, -0.2) is 30.0 Å². The minimum absolute atomic E-state index is 0.0583. The molecule has 4 rings (SSSR count). The smallest absolute Gasteiger partial charge is 0.300 e. The molecule has 6 nitrogen and oxygen atoms in total. The van der Waals surface area contributed by atoms with E-state index in [9.17, 15) is 14.7 Å². The first-order valence-electron chi connectivity index (χ1n) is 12.6. The lowest BCUT2D eigenvalue weighted by atomic mass is 9.92. The normalized spacial score (nSPS) is 16.9. The molecule has 0 aromatic heterocycles. The molecule has 192 valence electrons. The van der Waals surface area contributed by atoms with Crippen molar-refractivity contribution in [1.29, 1.82) is 0 Å². The Bertz CT molecular complexity index is 1340. The van der Waals surface area contributed by atoms with Crippen molar-refractivity contribution < 1.29 is 24.2 Å². The Balaban J connectivity index is 1.83. The molecule has 1 fully saturated rings. The molecule has 0 saturated carbocycles. The number of ketones is 1. The van der Waals surface area contributed by atoms with Gasteiger partial charge < -0.3 is 14.6 Å². The highest BCUT2D eigenvalue weighted by Gasteiger charge is 2.47. The third-order valence-corrected chi connectivity index (χ3v) is 6.37. The maximum Gasteiger partial charge on any atom is 0.300 e. The highest BCUT2D eigenvalue weighted by atomic mass is 16.5. The van der Waals surface area contributed by atoms with Crippen molar-refractivity contribution in [2.24, 2.45) is 5.92 Å². The molecule has 1 unspecified atom stereocenters. The average Bonchev–Trinajstić information content (AvgIpc) is 3.14. The number of rotatable bonds is 8. The maximum absolute atomic E-state index is 13.4. The summed E-state index contributed by atoms with van der Waals surface area (Å²) >= 11 is 0. The largest absolute Gasteiger partial charge is 0.507 e. The Hall–Kier alpha value is -4.06. The van der Waals surface area contributed by atoms with Gasteiger partial charge in [0.05, 0.1) is 24.8 Å². The van der Waals surface area contributed by atoms with Crippen LogP contribution in [-0.2, 0) is 9.59 Å². The summed E-state index contributed by atoms with van der Waals surface area (Å²) in [5.41, 5.74) is 3.56. The number of aliphatic hydroxyl groups excluding tert-OH is 1. The number of amides is 1. The number of benzene rings is 3. The number of nitrogens with zero attached hydrogens (tertiary/aromatic N) is 1. The van der Waals surface area contributed by atoms with Crippen LogP contribution in [0.5, 0.6) is 11.5 Å². The molecule has 1 amide bonds. The minimum Gasteiger partial charge on any atom is -0.507 e. The van der Waals surface area contributed by atoms with Gasteiger partial charge in [0, 0.05) is 11.3 Å². The van der Waals surface area contributed by atoms with E-state index in [0.717, 1.165) is 16.7 Å². The lowest BCUT2D eigenvalue weighted by Gasteiger charge is -2.27. The Morgan fingerprint density at radius 1 is 0.946 bits per heavy atom. The van der Waals surface area contributed by atoms with E-state index in [1.165, 1.54) is 4.90 Å². The van der Waals surface area contributed by atoms with Gasteiger partial charge >= 0.3 is 0 Å². The quantitative estimate of drug-likeness (QED) is 0.222. The molecule has 3 aromatic carbocycles. The second kappa shape index (κ2) is 10.9. The number of carbonyl (C=O) groups excluding carboxylic acids is 2. The molecule has 0 radical (unpaired) electrons. The summed E-state index contributed by atoms with van der Waals surface area (Å²) in [6.45, 7) is 10.9. The van der Waals surface area contributed by atoms with Crippen LogP contribution in [0.15, 0.2) is 72.3 Å². The minimum atomic E-state index is -0.782. The van der Waals surface area contributed by atoms with Crippen molar-refractivity contribution in [2.45, 2.75) is 40.7 Å². The molecule has 37 heavy (non-hydrogen) atoms. The van der Waals surface area contributed by atoms with Gasteiger partial charge in [-0.3, -0.25) is 14.5 Å². The highest BCUT2D eigenvalue weighted by Crippen LogP contribution is 2.43. The van der Waals surface area contributed by atoms with Crippen LogP contribution in [0.4, 0.5) is 5.69 Å². The van der Waals surface area contributed by atoms with Gasteiger partial charge in [0.25, 0.3) is 11.7 Å². The molecular weight excluding hydrogens is 466 g/mol. The predicted octanol–water partition coefficient (Wildman–Crippen LogP) is 6.36. The summed E-state index contributed by atoms with van der Waals surface area (Å²) in [4.78, 5) is 28.3. The number of carbonyl (C=O) groups is 2. The molecule has 6 heteroatoms. The van der Waals surface area contributed by atoms with Gasteiger partial charge in [-0.25, -0.2) is 0 Å². The number of Topliss-reactive ketones (excluding diaryl/α,β-unsaturated/α-hetero) is 1. The molecule has 3 aromatic rings. The number of aliphatic hydroxyl groups is 1. The van der Waals surface area contributed by atoms with E-state index >= 15 is 0 Å². The fourth-order valence-corrected chi connectivity index (χ4v) is 4.52. The van der Waals surface area contributed by atoms with Crippen molar-refractivity contribution in [1.82, 2.24) is 0 Å². The number of hydrogen-bond acceptors (Lipinski definition) is 5. The second-order valence-corrected chi connectivity index (χ2v) is 9.64. The molecule has 1 atom stereocenters. The van der Waals surface area contributed by atoms with Crippen molar-refractivity contribution in [2.75, 3.05) is 18.1 Å². The third-order valence-electron chi connectivity index (χ3n) is 6.37. The molecule has 0 spiro atoms. The van der Waals surface area contributed by atoms with E-state index in [1.54, 1.807) is 42.5 Å². The van der Waals surface area contributed by atoms with Gasteiger partial charge in [-0.1, -0.05) is 38.1 Å². The van der Waals surface area contributed by atoms with Crippen molar-refractivity contribution in [3.05, 3.63) is 94.6 Å². The van der Waals surface area contributed by atoms with Crippen LogP contribution >= 0.6 is 0 Å². The molecule has 1 heterocycles. The first-order valence-corrected chi connectivity index (χ1v) is 12.6. The lowest BCUT2D eigenvalue weighted by Crippen LogP contribution is -2.29. The van der Waals surface area contributed by atoms with Crippen LogP contribution in [0.2, 0.25) is 0 Å². The Morgan fingerprint density at radius 2 is 1.65 bits per heavy atom. The van der Waals surface area contributed by atoms with Gasteiger partial charge in [-0.15, -0.1) is 0 Å². The fourth-order valence-electron chi connectivity index (χ4n) is 4.52. The van der Waals surface area contributed by atoms with Crippen LogP contribution in [0.25, 0.3) is 5.76 Å². The van der Waals surface area contributed by atoms with E-state index in [2.05, 4.69) is 13.8 Å². The van der Waals surface area contributed by atoms with E-state index in [4.69, 9.17) is 9.47 Å². The molecule has 1 aliphatic heterocycles. The summed E-state index contributed by atoms with van der Waals surface area (Å²) in [5, 5.41) is 11.4. The van der Waals surface area contributed by atoms with Crippen LogP contribution in [0, 0.1) is 19.8 Å². The zero-order chi connectivity index (χ0) is 26.7.